The summed E-state index contributed by atoms with van der Waals surface area (Å²) in [6.45, 7) is 7.81. The van der Waals surface area contributed by atoms with Crippen LogP contribution >= 0.6 is 0 Å². The molecule has 0 unspecified atom stereocenters. The van der Waals surface area contributed by atoms with E-state index in [1.54, 1.807) is 0 Å². The number of nitrogens with zero attached hydrogens (tertiary/aromatic N) is 1. The molecule has 0 N–H and O–H groups in total. The summed E-state index contributed by atoms with van der Waals surface area (Å²) in [5.41, 5.74) is 1.08. The summed E-state index contributed by atoms with van der Waals surface area (Å²) >= 11 is 0. The smallest absolute Gasteiger partial charge is 0.136 e. The van der Waals surface area contributed by atoms with Crippen LogP contribution in [-0.2, 0) is 4.79 Å². The third kappa shape index (κ3) is 2.23. The fourth-order valence-corrected chi connectivity index (χ4v) is 2.10. The zero-order chi connectivity index (χ0) is 10.7. The highest BCUT2D eigenvalue weighted by atomic mass is 16.1. The van der Waals surface area contributed by atoms with Crippen molar-refractivity contribution in [2.75, 3.05) is 0 Å². The Bertz CT molecular complexity index is 287. The van der Waals surface area contributed by atoms with E-state index in [0.29, 0.717) is 24.5 Å². The van der Waals surface area contributed by atoms with Crippen LogP contribution in [0, 0.1) is 29.1 Å². The molecule has 2 nitrogen and oxygen atoms in total. The van der Waals surface area contributed by atoms with E-state index in [9.17, 15) is 4.79 Å². The van der Waals surface area contributed by atoms with E-state index in [4.69, 9.17) is 5.26 Å². The first kappa shape index (κ1) is 11.0. The Labute approximate surface area is 85.6 Å². The molecule has 1 aliphatic rings. The maximum absolute atomic E-state index is 11.6. The molecule has 0 amide bonds. The molecule has 0 aromatic heterocycles. The van der Waals surface area contributed by atoms with E-state index >= 15 is 0 Å². The van der Waals surface area contributed by atoms with Crippen molar-refractivity contribution in [3.63, 3.8) is 0 Å². The molecule has 0 saturated heterocycles. The van der Waals surface area contributed by atoms with E-state index in [1.807, 2.05) is 13.8 Å². The largest absolute Gasteiger partial charge is 0.299 e. The minimum atomic E-state index is 0.0604. The summed E-state index contributed by atoms with van der Waals surface area (Å²) in [7, 11) is 0. The number of Topliss-reactive ketones (excluding diaryl/α,β-unsaturated/α-hetero) is 1. The molecule has 3 atom stereocenters. The summed E-state index contributed by atoms with van der Waals surface area (Å²) in [6.07, 6.45) is 2.07. The Kier molecular flexibility index (Phi) is 3.46. The van der Waals surface area contributed by atoms with Gasteiger partial charge in [0.05, 0.1) is 6.07 Å². The molecule has 0 aromatic carbocycles. The lowest BCUT2D eigenvalue weighted by atomic mass is 9.71. The molecular weight excluding hydrogens is 174 g/mol. The Balaban J connectivity index is 2.72. The van der Waals surface area contributed by atoms with Crippen LogP contribution in [0.5, 0.6) is 0 Å². The quantitative estimate of drug-likeness (QED) is 0.630. The third-order valence-corrected chi connectivity index (χ3v) is 3.30. The number of allylic oxidation sites excluding steroid dienone is 1. The Morgan fingerprint density at radius 3 is 2.86 bits per heavy atom. The monoisotopic (exact) mass is 191 g/mol. The lowest BCUT2D eigenvalue weighted by Gasteiger charge is -2.32. The van der Waals surface area contributed by atoms with Crippen molar-refractivity contribution < 1.29 is 4.79 Å². The van der Waals surface area contributed by atoms with Gasteiger partial charge in [0.25, 0.3) is 0 Å². The fourth-order valence-electron chi connectivity index (χ4n) is 2.10. The lowest BCUT2D eigenvalue weighted by Crippen LogP contribution is -2.31. The van der Waals surface area contributed by atoms with E-state index in [1.165, 1.54) is 0 Å². The van der Waals surface area contributed by atoms with Crippen LogP contribution in [0.15, 0.2) is 12.2 Å². The van der Waals surface area contributed by atoms with Crippen LogP contribution in [0.1, 0.15) is 33.1 Å². The van der Waals surface area contributed by atoms with Gasteiger partial charge in [-0.05, 0) is 25.2 Å². The maximum Gasteiger partial charge on any atom is 0.136 e. The van der Waals surface area contributed by atoms with Crippen LogP contribution in [0.2, 0.25) is 0 Å². The number of rotatable bonds is 2. The lowest BCUT2D eigenvalue weighted by molar-refractivity contribution is -0.127. The van der Waals surface area contributed by atoms with Gasteiger partial charge in [-0.3, -0.25) is 4.79 Å². The van der Waals surface area contributed by atoms with Crippen LogP contribution in [0.4, 0.5) is 0 Å². The van der Waals surface area contributed by atoms with Crippen molar-refractivity contribution >= 4 is 5.78 Å². The van der Waals surface area contributed by atoms with Gasteiger partial charge >= 0.3 is 0 Å². The molecule has 1 saturated carbocycles. The van der Waals surface area contributed by atoms with Gasteiger partial charge in [0.1, 0.15) is 5.78 Å². The Hall–Kier alpha value is -1.10. The van der Waals surface area contributed by atoms with Crippen molar-refractivity contribution in [1.29, 1.82) is 5.26 Å². The van der Waals surface area contributed by atoms with Gasteiger partial charge in [-0.2, -0.15) is 5.26 Å². The molecule has 76 valence electrons. The number of hydrogen-bond acceptors (Lipinski definition) is 2. The first-order valence-corrected chi connectivity index (χ1v) is 5.11. The van der Waals surface area contributed by atoms with Crippen molar-refractivity contribution in [2.24, 2.45) is 17.8 Å². The average Bonchev–Trinajstić information content (AvgIpc) is 2.12. The minimum absolute atomic E-state index is 0.0604. The second-order valence-corrected chi connectivity index (χ2v) is 4.36. The second-order valence-electron chi connectivity index (χ2n) is 4.36. The van der Waals surface area contributed by atoms with Crippen LogP contribution < -0.4 is 0 Å². The van der Waals surface area contributed by atoms with Gasteiger partial charge in [0.15, 0.2) is 0 Å². The maximum atomic E-state index is 11.6. The molecule has 1 rings (SSSR count). The minimum Gasteiger partial charge on any atom is -0.299 e. The average molecular weight is 191 g/mol. The van der Waals surface area contributed by atoms with Crippen molar-refractivity contribution in [3.8, 4) is 6.07 Å². The summed E-state index contributed by atoms with van der Waals surface area (Å²) in [6, 6.07) is 2.17. The number of carbonyl (C=O) groups excluding carboxylic acids is 1. The van der Waals surface area contributed by atoms with E-state index in [0.717, 1.165) is 12.0 Å². The number of ketones is 1. The van der Waals surface area contributed by atoms with Gasteiger partial charge in [0, 0.05) is 18.8 Å². The highest BCUT2D eigenvalue weighted by Crippen LogP contribution is 2.36. The molecule has 0 aliphatic heterocycles. The number of carbonyl (C=O) groups is 1. The summed E-state index contributed by atoms with van der Waals surface area (Å²) in [5, 5.41) is 8.66. The fraction of sp³-hybridized carbons (Fsp3) is 0.667. The van der Waals surface area contributed by atoms with Crippen molar-refractivity contribution in [1.82, 2.24) is 0 Å². The van der Waals surface area contributed by atoms with E-state index < -0.39 is 0 Å². The van der Waals surface area contributed by atoms with Crippen molar-refractivity contribution in [3.05, 3.63) is 12.2 Å². The van der Waals surface area contributed by atoms with Crippen LogP contribution in [-0.4, -0.2) is 5.78 Å². The van der Waals surface area contributed by atoms with Gasteiger partial charge in [-0.15, -0.1) is 0 Å². The molecular formula is C12H17NO. The summed E-state index contributed by atoms with van der Waals surface area (Å²) < 4.78 is 0. The van der Waals surface area contributed by atoms with Crippen molar-refractivity contribution in [2.45, 2.75) is 33.1 Å². The standard InChI is InChI=1S/C12H17NO/c1-8(2)11-6-10(4-5-13)9(3)12(14)7-11/h9-11H,1,4,6-7H2,2-3H3/t9-,10-,11+/m1/s1. The molecule has 0 spiro atoms. The molecule has 1 fully saturated rings. The van der Waals surface area contributed by atoms with E-state index in [-0.39, 0.29) is 11.8 Å². The van der Waals surface area contributed by atoms with Gasteiger partial charge < -0.3 is 0 Å². The SMILES string of the molecule is C=C(C)[C@@H]1CC(=O)[C@H](C)[C@H](CC#N)C1. The highest BCUT2D eigenvalue weighted by molar-refractivity contribution is 5.82. The summed E-state index contributed by atoms with van der Waals surface area (Å²) in [4.78, 5) is 11.6. The normalized spacial score (nSPS) is 32.4. The predicted octanol–water partition coefficient (Wildman–Crippen LogP) is 2.71. The molecule has 0 heterocycles. The topological polar surface area (TPSA) is 40.9 Å². The first-order chi connectivity index (χ1) is 6.56. The molecule has 14 heavy (non-hydrogen) atoms. The second kappa shape index (κ2) is 4.41. The summed E-state index contributed by atoms with van der Waals surface area (Å²) in [5.74, 6) is 0.898. The highest BCUT2D eigenvalue weighted by Gasteiger charge is 2.33. The number of hydrogen-bond donors (Lipinski definition) is 0. The number of nitriles is 1. The molecule has 0 aromatic rings. The van der Waals surface area contributed by atoms with Gasteiger partial charge in [-0.1, -0.05) is 19.1 Å². The van der Waals surface area contributed by atoms with Crippen LogP contribution in [0.25, 0.3) is 0 Å². The molecule has 2 heteroatoms. The van der Waals surface area contributed by atoms with E-state index in [2.05, 4.69) is 12.6 Å². The zero-order valence-electron chi connectivity index (χ0n) is 8.92. The van der Waals surface area contributed by atoms with Crippen LogP contribution in [0.3, 0.4) is 0 Å². The van der Waals surface area contributed by atoms with Gasteiger partial charge in [-0.25, -0.2) is 0 Å². The third-order valence-electron chi connectivity index (χ3n) is 3.30. The molecule has 1 aliphatic carbocycles. The van der Waals surface area contributed by atoms with Gasteiger partial charge in [0.2, 0.25) is 0 Å². The Morgan fingerprint density at radius 2 is 2.36 bits per heavy atom. The first-order valence-electron chi connectivity index (χ1n) is 5.11. The molecule has 0 bridgehead atoms. The predicted molar refractivity (Wildman–Crippen MR) is 55.4 cm³/mol. The molecule has 0 radical (unpaired) electrons. The zero-order valence-corrected chi connectivity index (χ0v) is 8.92. The Morgan fingerprint density at radius 1 is 1.71 bits per heavy atom.